The molecule has 0 saturated carbocycles. The maximum absolute atomic E-state index is 4.37. The molecule has 2 nitrogen and oxygen atoms in total. The summed E-state index contributed by atoms with van der Waals surface area (Å²) in [5.74, 6) is 0.461. The lowest BCUT2D eigenvalue weighted by atomic mass is 10.0. The van der Waals surface area contributed by atoms with Crippen molar-refractivity contribution < 1.29 is 0 Å². The molecule has 2 aromatic rings. The largest absolute Gasteiger partial charge is 0.262 e. The SMILES string of the molecule is Cc1cc(-c2ccnc(C(C)C)c2)ccn1. The normalized spacial score (nSPS) is 10.8. The smallest absolute Gasteiger partial charge is 0.0435 e. The van der Waals surface area contributed by atoms with Crippen LogP contribution in [-0.2, 0) is 0 Å². The first-order chi connectivity index (χ1) is 7.66. The third kappa shape index (κ3) is 2.27. The molecular weight excluding hydrogens is 196 g/mol. The minimum Gasteiger partial charge on any atom is -0.262 e. The quantitative estimate of drug-likeness (QED) is 0.760. The Labute approximate surface area is 96.4 Å². The van der Waals surface area contributed by atoms with Crippen LogP contribution in [0.4, 0.5) is 0 Å². The molecule has 0 aliphatic carbocycles. The van der Waals surface area contributed by atoms with E-state index in [2.05, 4.69) is 35.9 Å². The lowest BCUT2D eigenvalue weighted by molar-refractivity contribution is 0.823. The Morgan fingerprint density at radius 3 is 2.19 bits per heavy atom. The zero-order valence-electron chi connectivity index (χ0n) is 9.94. The first-order valence-corrected chi connectivity index (χ1v) is 5.56. The van der Waals surface area contributed by atoms with Crippen LogP contribution in [0.2, 0.25) is 0 Å². The van der Waals surface area contributed by atoms with Crippen LogP contribution in [-0.4, -0.2) is 9.97 Å². The lowest BCUT2D eigenvalue weighted by Gasteiger charge is -2.07. The summed E-state index contributed by atoms with van der Waals surface area (Å²) in [6.07, 6.45) is 3.72. The second kappa shape index (κ2) is 4.44. The summed E-state index contributed by atoms with van der Waals surface area (Å²) in [5, 5.41) is 0. The van der Waals surface area contributed by atoms with Crippen LogP contribution in [0.5, 0.6) is 0 Å². The number of pyridine rings is 2. The van der Waals surface area contributed by atoms with Gasteiger partial charge in [-0.05, 0) is 48.2 Å². The standard InChI is InChI=1S/C14H16N2/c1-10(2)14-9-13(5-7-16-14)12-4-6-15-11(3)8-12/h4-10H,1-3H3. The summed E-state index contributed by atoms with van der Waals surface area (Å²) >= 11 is 0. The van der Waals surface area contributed by atoms with Crippen LogP contribution in [0.3, 0.4) is 0 Å². The van der Waals surface area contributed by atoms with E-state index in [4.69, 9.17) is 0 Å². The fourth-order valence-electron chi connectivity index (χ4n) is 1.67. The van der Waals surface area contributed by atoms with Gasteiger partial charge >= 0.3 is 0 Å². The topological polar surface area (TPSA) is 25.8 Å². The van der Waals surface area contributed by atoms with Crippen molar-refractivity contribution in [2.24, 2.45) is 0 Å². The molecular formula is C14H16N2. The predicted octanol–water partition coefficient (Wildman–Crippen LogP) is 3.58. The Balaban J connectivity index is 2.44. The second-order valence-electron chi connectivity index (χ2n) is 4.31. The van der Waals surface area contributed by atoms with Gasteiger partial charge in [0.05, 0.1) is 0 Å². The lowest BCUT2D eigenvalue weighted by Crippen LogP contribution is -1.92. The third-order valence-corrected chi connectivity index (χ3v) is 2.60. The van der Waals surface area contributed by atoms with E-state index in [1.165, 1.54) is 11.1 Å². The van der Waals surface area contributed by atoms with E-state index in [1.807, 2.05) is 31.5 Å². The summed E-state index contributed by atoms with van der Waals surface area (Å²) in [6, 6.07) is 8.33. The average molecular weight is 212 g/mol. The van der Waals surface area contributed by atoms with E-state index in [-0.39, 0.29) is 0 Å². The fraction of sp³-hybridized carbons (Fsp3) is 0.286. The van der Waals surface area contributed by atoms with Crippen LogP contribution in [0.15, 0.2) is 36.7 Å². The Hall–Kier alpha value is -1.70. The zero-order chi connectivity index (χ0) is 11.5. The van der Waals surface area contributed by atoms with Gasteiger partial charge in [0.2, 0.25) is 0 Å². The van der Waals surface area contributed by atoms with Crippen LogP contribution in [0.25, 0.3) is 11.1 Å². The molecule has 0 unspecified atom stereocenters. The van der Waals surface area contributed by atoms with E-state index < -0.39 is 0 Å². The molecule has 2 aromatic heterocycles. The zero-order valence-corrected chi connectivity index (χ0v) is 9.94. The number of aryl methyl sites for hydroxylation is 1. The fourth-order valence-corrected chi connectivity index (χ4v) is 1.67. The second-order valence-corrected chi connectivity index (χ2v) is 4.31. The molecule has 0 bridgehead atoms. The first kappa shape index (κ1) is 10.8. The maximum atomic E-state index is 4.37. The van der Waals surface area contributed by atoms with Gasteiger partial charge in [-0.3, -0.25) is 9.97 Å². The van der Waals surface area contributed by atoms with Gasteiger partial charge in [0, 0.05) is 23.8 Å². The molecule has 0 N–H and O–H groups in total. The van der Waals surface area contributed by atoms with E-state index in [9.17, 15) is 0 Å². The minimum atomic E-state index is 0.461. The van der Waals surface area contributed by atoms with Gasteiger partial charge in [-0.2, -0.15) is 0 Å². The van der Waals surface area contributed by atoms with Gasteiger partial charge in [-0.15, -0.1) is 0 Å². The number of aromatic nitrogens is 2. The van der Waals surface area contributed by atoms with Crippen molar-refractivity contribution in [1.29, 1.82) is 0 Å². The number of hydrogen-bond donors (Lipinski definition) is 0. The summed E-state index contributed by atoms with van der Waals surface area (Å²) < 4.78 is 0. The first-order valence-electron chi connectivity index (χ1n) is 5.56. The van der Waals surface area contributed by atoms with Crippen molar-refractivity contribution in [2.45, 2.75) is 26.7 Å². The van der Waals surface area contributed by atoms with Gasteiger partial charge in [0.25, 0.3) is 0 Å². The molecule has 2 heterocycles. The molecule has 0 aromatic carbocycles. The highest BCUT2D eigenvalue weighted by Gasteiger charge is 2.03. The summed E-state index contributed by atoms with van der Waals surface area (Å²) in [7, 11) is 0. The molecule has 2 heteroatoms. The van der Waals surface area contributed by atoms with Gasteiger partial charge in [-0.1, -0.05) is 13.8 Å². The number of hydrogen-bond acceptors (Lipinski definition) is 2. The molecule has 82 valence electrons. The monoisotopic (exact) mass is 212 g/mol. The van der Waals surface area contributed by atoms with Crippen molar-refractivity contribution in [1.82, 2.24) is 9.97 Å². The van der Waals surface area contributed by atoms with Gasteiger partial charge < -0.3 is 0 Å². The Bertz CT molecular complexity index is 490. The van der Waals surface area contributed by atoms with Crippen LogP contribution in [0.1, 0.15) is 31.2 Å². The molecule has 0 aliphatic rings. The Morgan fingerprint density at radius 1 is 0.938 bits per heavy atom. The molecule has 0 atom stereocenters. The van der Waals surface area contributed by atoms with Crippen LogP contribution < -0.4 is 0 Å². The minimum absolute atomic E-state index is 0.461. The summed E-state index contributed by atoms with van der Waals surface area (Å²) in [4.78, 5) is 8.58. The van der Waals surface area contributed by atoms with Gasteiger partial charge in [0.1, 0.15) is 0 Å². The van der Waals surface area contributed by atoms with Crippen LogP contribution >= 0.6 is 0 Å². The Kier molecular flexibility index (Phi) is 3.00. The Morgan fingerprint density at radius 2 is 1.56 bits per heavy atom. The maximum Gasteiger partial charge on any atom is 0.0435 e. The van der Waals surface area contributed by atoms with Crippen molar-refractivity contribution in [2.75, 3.05) is 0 Å². The van der Waals surface area contributed by atoms with Crippen molar-refractivity contribution >= 4 is 0 Å². The van der Waals surface area contributed by atoms with Crippen molar-refractivity contribution in [3.8, 4) is 11.1 Å². The molecule has 0 radical (unpaired) electrons. The molecule has 0 saturated heterocycles. The average Bonchev–Trinajstić information content (AvgIpc) is 2.29. The van der Waals surface area contributed by atoms with Crippen molar-refractivity contribution in [3.05, 3.63) is 48.0 Å². The highest BCUT2D eigenvalue weighted by Crippen LogP contribution is 2.22. The predicted molar refractivity (Wildman–Crippen MR) is 66.3 cm³/mol. The van der Waals surface area contributed by atoms with Gasteiger partial charge in [0.15, 0.2) is 0 Å². The number of rotatable bonds is 2. The summed E-state index contributed by atoms with van der Waals surface area (Å²) in [6.45, 7) is 6.32. The van der Waals surface area contributed by atoms with E-state index in [0.717, 1.165) is 11.4 Å². The van der Waals surface area contributed by atoms with Crippen molar-refractivity contribution in [3.63, 3.8) is 0 Å². The van der Waals surface area contributed by atoms with Crippen LogP contribution in [0, 0.1) is 6.92 Å². The molecule has 0 spiro atoms. The molecule has 16 heavy (non-hydrogen) atoms. The highest BCUT2D eigenvalue weighted by molar-refractivity contribution is 5.63. The molecule has 0 fully saturated rings. The molecule has 0 amide bonds. The van der Waals surface area contributed by atoms with Gasteiger partial charge in [-0.25, -0.2) is 0 Å². The highest BCUT2D eigenvalue weighted by atomic mass is 14.7. The number of nitrogens with zero attached hydrogens (tertiary/aromatic N) is 2. The molecule has 2 rings (SSSR count). The van der Waals surface area contributed by atoms with E-state index in [0.29, 0.717) is 5.92 Å². The van der Waals surface area contributed by atoms with E-state index >= 15 is 0 Å². The van der Waals surface area contributed by atoms with E-state index in [1.54, 1.807) is 0 Å². The third-order valence-electron chi connectivity index (χ3n) is 2.60. The molecule has 0 aliphatic heterocycles. The summed E-state index contributed by atoms with van der Waals surface area (Å²) in [5.41, 5.74) is 4.59.